The van der Waals surface area contributed by atoms with Crippen LogP contribution in [0.1, 0.15) is 33.6 Å². The van der Waals surface area contributed by atoms with Crippen molar-refractivity contribution in [2.45, 2.75) is 45.8 Å². The van der Waals surface area contributed by atoms with E-state index in [4.69, 9.17) is 4.74 Å². The number of ether oxygens (including phenoxy) is 1. The molecule has 0 radical (unpaired) electrons. The van der Waals surface area contributed by atoms with Gasteiger partial charge in [-0.3, -0.25) is 10.1 Å². The third-order valence-corrected chi connectivity index (χ3v) is 4.21. The largest absolute Gasteiger partial charge is 0.483 e. The zero-order chi connectivity index (χ0) is 15.6. The average Bonchev–Trinajstić information content (AvgIpc) is 2.43. The molecule has 0 heterocycles. The summed E-state index contributed by atoms with van der Waals surface area (Å²) < 4.78 is 18.9. The molecule has 2 rings (SSSR count). The molecule has 0 saturated heterocycles. The van der Waals surface area contributed by atoms with Crippen LogP contribution in [0.3, 0.4) is 0 Å². The van der Waals surface area contributed by atoms with Crippen molar-refractivity contribution in [3.05, 3.63) is 34.1 Å². The van der Waals surface area contributed by atoms with E-state index in [1.165, 1.54) is 12.1 Å². The number of nitro groups is 1. The van der Waals surface area contributed by atoms with Crippen molar-refractivity contribution in [3.8, 4) is 5.75 Å². The van der Waals surface area contributed by atoms with Crippen LogP contribution in [0, 0.1) is 21.3 Å². The molecule has 0 aliphatic heterocycles. The first-order valence-corrected chi connectivity index (χ1v) is 7.20. The Balaban J connectivity index is 2.08. The second-order valence-electron chi connectivity index (χ2n) is 6.04. The summed E-state index contributed by atoms with van der Waals surface area (Å²) in [5.41, 5.74) is -0.437. The van der Waals surface area contributed by atoms with Gasteiger partial charge in [-0.25, -0.2) is 4.39 Å². The van der Waals surface area contributed by atoms with Crippen LogP contribution < -0.4 is 10.1 Å². The van der Waals surface area contributed by atoms with Gasteiger partial charge in [-0.05, 0) is 25.1 Å². The number of nitro benzene ring substituents is 1. The zero-order valence-corrected chi connectivity index (χ0v) is 12.6. The molecule has 1 aliphatic rings. The summed E-state index contributed by atoms with van der Waals surface area (Å²) in [5, 5.41) is 14.4. The van der Waals surface area contributed by atoms with Gasteiger partial charge in [0.05, 0.1) is 11.0 Å². The Morgan fingerprint density at radius 2 is 2.24 bits per heavy atom. The second-order valence-corrected chi connectivity index (χ2v) is 6.04. The van der Waals surface area contributed by atoms with Gasteiger partial charge in [-0.1, -0.05) is 20.8 Å². The van der Waals surface area contributed by atoms with Crippen molar-refractivity contribution in [2.75, 3.05) is 6.54 Å². The van der Waals surface area contributed by atoms with E-state index in [9.17, 15) is 14.5 Å². The fourth-order valence-electron chi connectivity index (χ4n) is 2.64. The number of nitrogens with one attached hydrogen (secondary N) is 1. The summed E-state index contributed by atoms with van der Waals surface area (Å²) in [4.78, 5) is 10.4. The minimum absolute atomic E-state index is 0.114. The van der Waals surface area contributed by atoms with Crippen molar-refractivity contribution in [1.29, 1.82) is 0 Å². The molecule has 116 valence electrons. The molecule has 2 unspecified atom stereocenters. The molecule has 0 spiro atoms. The van der Waals surface area contributed by atoms with Crippen LogP contribution in [0.4, 0.5) is 10.1 Å². The highest BCUT2D eigenvalue weighted by atomic mass is 19.1. The fourth-order valence-corrected chi connectivity index (χ4v) is 2.64. The highest BCUT2D eigenvalue weighted by Gasteiger charge is 2.50. The second kappa shape index (κ2) is 5.97. The minimum Gasteiger partial charge on any atom is -0.483 e. The quantitative estimate of drug-likeness (QED) is 0.646. The molecule has 0 bridgehead atoms. The van der Waals surface area contributed by atoms with Crippen molar-refractivity contribution in [1.82, 2.24) is 5.32 Å². The summed E-state index contributed by atoms with van der Waals surface area (Å²) in [6.45, 7) is 7.19. The summed E-state index contributed by atoms with van der Waals surface area (Å²) >= 11 is 0. The van der Waals surface area contributed by atoms with Gasteiger partial charge in [-0.15, -0.1) is 0 Å². The normalized spacial score (nSPS) is 23.4. The van der Waals surface area contributed by atoms with Gasteiger partial charge in [0.15, 0.2) is 5.75 Å². The standard InChI is InChI=1S/C15H21FN2O3/c1-4-7-17-13-9-14(15(13,2)3)21-12-6-5-10(16)8-11(12)18(19)20/h5-6,8,13-14,17H,4,7,9H2,1-3H3. The first kappa shape index (κ1) is 15.7. The van der Waals surface area contributed by atoms with E-state index in [0.717, 1.165) is 25.5 Å². The third kappa shape index (κ3) is 3.15. The van der Waals surface area contributed by atoms with Gasteiger partial charge >= 0.3 is 5.69 Å². The molecule has 0 aromatic heterocycles. The summed E-state index contributed by atoms with van der Waals surface area (Å²) in [7, 11) is 0. The van der Waals surface area contributed by atoms with Gasteiger partial charge in [0.25, 0.3) is 0 Å². The number of nitrogens with zero attached hydrogens (tertiary/aromatic N) is 1. The summed E-state index contributed by atoms with van der Waals surface area (Å²) in [5.74, 6) is -0.502. The molecular formula is C15H21FN2O3. The van der Waals surface area contributed by atoms with Gasteiger partial charge in [-0.2, -0.15) is 0 Å². The maximum Gasteiger partial charge on any atom is 0.313 e. The van der Waals surface area contributed by atoms with E-state index >= 15 is 0 Å². The van der Waals surface area contributed by atoms with Crippen LogP contribution in [0.5, 0.6) is 5.75 Å². The Hall–Kier alpha value is -1.69. The van der Waals surface area contributed by atoms with Gasteiger partial charge in [0.2, 0.25) is 0 Å². The van der Waals surface area contributed by atoms with Crippen molar-refractivity contribution in [2.24, 2.45) is 5.41 Å². The third-order valence-electron chi connectivity index (χ3n) is 4.21. The lowest BCUT2D eigenvalue weighted by atomic mass is 9.64. The molecule has 5 nitrogen and oxygen atoms in total. The first-order valence-electron chi connectivity index (χ1n) is 7.20. The molecular weight excluding hydrogens is 275 g/mol. The molecule has 1 aromatic carbocycles. The van der Waals surface area contributed by atoms with E-state index in [0.29, 0.717) is 6.04 Å². The van der Waals surface area contributed by atoms with E-state index in [1.807, 2.05) is 0 Å². The zero-order valence-electron chi connectivity index (χ0n) is 12.6. The predicted octanol–water partition coefficient (Wildman–Crippen LogP) is 3.28. The van der Waals surface area contributed by atoms with Crippen LogP contribution in [0.15, 0.2) is 18.2 Å². The molecule has 6 heteroatoms. The Bertz CT molecular complexity index is 534. The smallest absolute Gasteiger partial charge is 0.313 e. The molecule has 2 atom stereocenters. The van der Waals surface area contributed by atoms with E-state index in [-0.39, 0.29) is 23.0 Å². The first-order chi connectivity index (χ1) is 9.86. The highest BCUT2D eigenvalue weighted by Crippen LogP contribution is 2.44. The van der Waals surface area contributed by atoms with Gasteiger partial charge in [0, 0.05) is 17.9 Å². The van der Waals surface area contributed by atoms with E-state index < -0.39 is 10.7 Å². The lowest BCUT2D eigenvalue weighted by Gasteiger charge is -2.51. The molecule has 21 heavy (non-hydrogen) atoms. The van der Waals surface area contributed by atoms with Crippen LogP contribution in [0.25, 0.3) is 0 Å². The fraction of sp³-hybridized carbons (Fsp3) is 0.600. The number of benzene rings is 1. The molecule has 0 amide bonds. The van der Waals surface area contributed by atoms with Crippen LogP contribution in [-0.2, 0) is 0 Å². The molecule has 1 aromatic rings. The van der Waals surface area contributed by atoms with Gasteiger partial charge in [0.1, 0.15) is 11.9 Å². The van der Waals surface area contributed by atoms with Crippen LogP contribution >= 0.6 is 0 Å². The van der Waals surface area contributed by atoms with Crippen molar-refractivity contribution >= 4 is 5.69 Å². The highest BCUT2D eigenvalue weighted by molar-refractivity contribution is 5.46. The van der Waals surface area contributed by atoms with Gasteiger partial charge < -0.3 is 10.1 Å². The van der Waals surface area contributed by atoms with E-state index in [2.05, 4.69) is 26.1 Å². The minimum atomic E-state index is -0.635. The molecule has 1 aliphatic carbocycles. The number of rotatable bonds is 6. The SMILES string of the molecule is CCCNC1CC(Oc2ccc(F)cc2[N+](=O)[O-])C1(C)C. The Morgan fingerprint density at radius 3 is 2.81 bits per heavy atom. The van der Waals surface area contributed by atoms with Crippen LogP contribution in [0.2, 0.25) is 0 Å². The number of hydrogen-bond donors (Lipinski definition) is 1. The summed E-state index contributed by atoms with van der Waals surface area (Å²) in [6.07, 6.45) is 1.74. The monoisotopic (exact) mass is 296 g/mol. The topological polar surface area (TPSA) is 64.4 Å². The van der Waals surface area contributed by atoms with Crippen molar-refractivity contribution in [3.63, 3.8) is 0 Å². The van der Waals surface area contributed by atoms with Crippen molar-refractivity contribution < 1.29 is 14.1 Å². The summed E-state index contributed by atoms with van der Waals surface area (Å²) in [6, 6.07) is 3.74. The van der Waals surface area contributed by atoms with E-state index in [1.54, 1.807) is 0 Å². The Labute approximate surface area is 123 Å². The molecule has 1 N–H and O–H groups in total. The lowest BCUT2D eigenvalue weighted by molar-refractivity contribution is -0.386. The molecule has 1 fully saturated rings. The average molecular weight is 296 g/mol. The lowest BCUT2D eigenvalue weighted by Crippen LogP contribution is -2.62. The Morgan fingerprint density at radius 1 is 1.52 bits per heavy atom. The maximum absolute atomic E-state index is 13.1. The van der Waals surface area contributed by atoms with Crippen LogP contribution in [-0.4, -0.2) is 23.6 Å². The number of halogens is 1. The maximum atomic E-state index is 13.1. The Kier molecular flexibility index (Phi) is 4.46. The molecule has 1 saturated carbocycles. The number of hydrogen-bond acceptors (Lipinski definition) is 4. The predicted molar refractivity (Wildman–Crippen MR) is 78.0 cm³/mol.